The average Bonchev–Trinajstić information content (AvgIpc) is 3.23. The van der Waals surface area contributed by atoms with Crippen LogP contribution in [0.25, 0.3) is 0 Å². The van der Waals surface area contributed by atoms with E-state index in [9.17, 15) is 19.5 Å². The molecule has 0 bridgehead atoms. The standard InChI is InChI=1S/C50H93N3O6/c1-5-8-11-14-17-26-33-43-58-45(54)37-29-22-18-24-31-40-53(42-34-39-52-48-47(51-4)49(56)50(48)57)41-32-25-19-23-30-38-46(55)59-44(35-27-20-15-12-9-6-2)36-28-21-16-13-10-7-3/h26,33,44,49,51-52,56H,5-25,27-32,34-43H2,1-4H3/b33-26-. The second-order valence-electron chi connectivity index (χ2n) is 17.2. The van der Waals surface area contributed by atoms with E-state index >= 15 is 0 Å². The number of nitrogens with one attached hydrogen (secondary N) is 2. The lowest BCUT2D eigenvalue weighted by molar-refractivity contribution is -0.150. The molecule has 0 aliphatic heterocycles. The monoisotopic (exact) mass is 832 g/mol. The van der Waals surface area contributed by atoms with Crippen molar-refractivity contribution in [1.82, 2.24) is 15.5 Å². The summed E-state index contributed by atoms with van der Waals surface area (Å²) in [6.07, 6.45) is 39.1. The van der Waals surface area contributed by atoms with E-state index in [0.717, 1.165) is 110 Å². The summed E-state index contributed by atoms with van der Waals surface area (Å²) in [5.41, 5.74) is 1.10. The predicted molar refractivity (Wildman–Crippen MR) is 246 cm³/mol. The molecule has 0 saturated carbocycles. The van der Waals surface area contributed by atoms with Crippen LogP contribution in [0.3, 0.4) is 0 Å². The molecule has 1 aliphatic carbocycles. The van der Waals surface area contributed by atoms with Crippen molar-refractivity contribution in [1.29, 1.82) is 0 Å². The van der Waals surface area contributed by atoms with E-state index < -0.39 is 6.10 Å². The number of nitrogens with zero attached hydrogens (tertiary/aromatic N) is 1. The summed E-state index contributed by atoms with van der Waals surface area (Å²) in [4.78, 5) is 39.6. The van der Waals surface area contributed by atoms with Gasteiger partial charge in [-0.15, -0.1) is 0 Å². The molecule has 0 saturated heterocycles. The first kappa shape index (κ1) is 54.6. The molecule has 9 heteroatoms. The summed E-state index contributed by atoms with van der Waals surface area (Å²) >= 11 is 0. The van der Waals surface area contributed by atoms with Crippen molar-refractivity contribution in [3.8, 4) is 0 Å². The van der Waals surface area contributed by atoms with E-state index in [1.165, 1.54) is 103 Å². The Hall–Kier alpha value is -2.39. The quantitative estimate of drug-likeness (QED) is 0.0313. The Morgan fingerprint density at radius 1 is 0.627 bits per heavy atom. The number of allylic oxidation sites excluding steroid dienone is 1. The molecule has 0 amide bonds. The van der Waals surface area contributed by atoms with Gasteiger partial charge in [-0.05, 0) is 90.3 Å². The van der Waals surface area contributed by atoms with Crippen molar-refractivity contribution >= 4 is 17.7 Å². The summed E-state index contributed by atoms with van der Waals surface area (Å²) in [7, 11) is 1.73. The van der Waals surface area contributed by atoms with Gasteiger partial charge in [0.25, 0.3) is 0 Å². The van der Waals surface area contributed by atoms with E-state index in [2.05, 4.69) is 42.4 Å². The number of carbonyl (C=O) groups excluding carboxylic acids is 3. The van der Waals surface area contributed by atoms with E-state index in [-0.39, 0.29) is 23.8 Å². The zero-order chi connectivity index (χ0) is 43.0. The summed E-state index contributed by atoms with van der Waals surface area (Å²) in [6, 6.07) is 0. The molecule has 59 heavy (non-hydrogen) atoms. The number of Topliss-reactive ketones (excluding diaryl/α,β-unsaturated/α-hetero) is 1. The van der Waals surface area contributed by atoms with Gasteiger partial charge in [0.1, 0.15) is 18.4 Å². The van der Waals surface area contributed by atoms with Gasteiger partial charge in [-0.1, -0.05) is 155 Å². The van der Waals surface area contributed by atoms with Crippen molar-refractivity contribution < 1.29 is 29.0 Å². The molecule has 1 aliphatic rings. The molecule has 0 aromatic heterocycles. The second kappa shape index (κ2) is 39.7. The van der Waals surface area contributed by atoms with Crippen LogP contribution >= 0.6 is 0 Å². The number of unbranched alkanes of at least 4 members (excludes halogenated alkanes) is 22. The number of ketones is 1. The van der Waals surface area contributed by atoms with E-state index in [1.807, 2.05) is 6.08 Å². The smallest absolute Gasteiger partial charge is 0.306 e. The van der Waals surface area contributed by atoms with Gasteiger partial charge in [-0.25, -0.2) is 0 Å². The van der Waals surface area contributed by atoms with E-state index in [0.29, 0.717) is 37.4 Å². The molecule has 1 unspecified atom stereocenters. The van der Waals surface area contributed by atoms with Gasteiger partial charge in [0, 0.05) is 26.4 Å². The number of likely N-dealkylation sites (N-methyl/N-ethyl adjacent to an activating group) is 1. The Morgan fingerprint density at radius 3 is 1.66 bits per heavy atom. The highest BCUT2D eigenvalue weighted by atomic mass is 16.5. The molecule has 1 rings (SSSR count). The number of hydrogen-bond donors (Lipinski definition) is 3. The number of esters is 2. The zero-order valence-electron chi connectivity index (χ0n) is 38.9. The van der Waals surface area contributed by atoms with Crippen molar-refractivity contribution in [2.45, 2.75) is 238 Å². The molecule has 0 fully saturated rings. The van der Waals surface area contributed by atoms with Gasteiger partial charge < -0.3 is 30.1 Å². The maximum absolute atomic E-state index is 12.8. The second-order valence-corrected chi connectivity index (χ2v) is 17.2. The van der Waals surface area contributed by atoms with Gasteiger partial charge >= 0.3 is 11.9 Å². The number of ether oxygens (including phenoxy) is 2. The first-order valence-electron chi connectivity index (χ1n) is 25.0. The Kier molecular flexibility index (Phi) is 36.8. The topological polar surface area (TPSA) is 117 Å². The lowest BCUT2D eigenvalue weighted by atomic mass is 9.95. The Bertz CT molecular complexity index is 1080. The predicted octanol–water partition coefficient (Wildman–Crippen LogP) is 11.8. The highest BCUT2D eigenvalue weighted by Gasteiger charge is 2.37. The van der Waals surface area contributed by atoms with Gasteiger partial charge in [0.05, 0.1) is 5.70 Å². The molecule has 3 N–H and O–H groups in total. The fourth-order valence-corrected chi connectivity index (χ4v) is 7.92. The number of rotatable bonds is 44. The molecule has 0 spiro atoms. The van der Waals surface area contributed by atoms with Gasteiger partial charge in [0.15, 0.2) is 6.10 Å². The van der Waals surface area contributed by atoms with Crippen LogP contribution in [0.5, 0.6) is 0 Å². The third kappa shape index (κ3) is 30.3. The van der Waals surface area contributed by atoms with Crippen LogP contribution in [0.15, 0.2) is 23.5 Å². The highest BCUT2D eigenvalue weighted by molar-refractivity contribution is 6.07. The third-order valence-electron chi connectivity index (χ3n) is 11.8. The van der Waals surface area contributed by atoms with Crippen LogP contribution in [-0.4, -0.2) is 79.8 Å². The maximum Gasteiger partial charge on any atom is 0.306 e. The van der Waals surface area contributed by atoms with E-state index in [4.69, 9.17) is 9.47 Å². The van der Waals surface area contributed by atoms with Crippen LogP contribution in [0.1, 0.15) is 226 Å². The Labute approximate surface area is 363 Å². The lowest BCUT2D eigenvalue weighted by Gasteiger charge is -2.29. The van der Waals surface area contributed by atoms with Crippen LogP contribution in [-0.2, 0) is 23.9 Å². The van der Waals surface area contributed by atoms with Gasteiger partial charge in [-0.2, -0.15) is 0 Å². The average molecular weight is 832 g/mol. The van der Waals surface area contributed by atoms with E-state index in [1.54, 1.807) is 7.05 Å². The Morgan fingerprint density at radius 2 is 1.10 bits per heavy atom. The molecular weight excluding hydrogens is 739 g/mol. The minimum Gasteiger partial charge on any atom is -0.462 e. The van der Waals surface area contributed by atoms with Crippen LogP contribution in [0.2, 0.25) is 0 Å². The zero-order valence-corrected chi connectivity index (χ0v) is 38.9. The molecule has 9 nitrogen and oxygen atoms in total. The summed E-state index contributed by atoms with van der Waals surface area (Å²) in [5, 5.41) is 16.0. The Balaban J connectivity index is 2.37. The number of aliphatic hydroxyl groups is 1. The summed E-state index contributed by atoms with van der Waals surface area (Å²) in [6.45, 7) is 10.8. The first-order valence-corrected chi connectivity index (χ1v) is 25.0. The summed E-state index contributed by atoms with van der Waals surface area (Å²) in [5.74, 6) is -0.334. The maximum atomic E-state index is 12.8. The summed E-state index contributed by atoms with van der Waals surface area (Å²) < 4.78 is 11.4. The number of aliphatic hydroxyl groups excluding tert-OH is 1. The minimum absolute atomic E-state index is 0.00127. The first-order chi connectivity index (χ1) is 28.9. The molecule has 0 radical (unpaired) electrons. The fourth-order valence-electron chi connectivity index (χ4n) is 7.92. The molecule has 0 heterocycles. The van der Waals surface area contributed by atoms with Crippen molar-refractivity contribution in [2.24, 2.45) is 0 Å². The van der Waals surface area contributed by atoms with Crippen LogP contribution in [0, 0.1) is 0 Å². The van der Waals surface area contributed by atoms with Gasteiger partial charge in [0.2, 0.25) is 5.78 Å². The minimum atomic E-state index is -1.02. The number of hydrogen-bond acceptors (Lipinski definition) is 9. The van der Waals surface area contributed by atoms with Crippen molar-refractivity contribution in [2.75, 3.05) is 39.8 Å². The normalized spacial score (nSPS) is 14.2. The third-order valence-corrected chi connectivity index (χ3v) is 11.8. The van der Waals surface area contributed by atoms with Crippen molar-refractivity contribution in [3.05, 3.63) is 23.5 Å². The molecular formula is C50H93N3O6. The molecule has 0 aromatic rings. The van der Waals surface area contributed by atoms with Crippen LogP contribution in [0.4, 0.5) is 0 Å². The van der Waals surface area contributed by atoms with Crippen LogP contribution < -0.4 is 10.6 Å². The molecule has 0 aromatic carbocycles. The fraction of sp³-hybridized carbons (Fsp3) is 0.860. The molecule has 1 atom stereocenters. The molecule has 344 valence electrons. The number of carbonyl (C=O) groups is 3. The van der Waals surface area contributed by atoms with Crippen molar-refractivity contribution in [3.63, 3.8) is 0 Å². The highest BCUT2D eigenvalue weighted by Crippen LogP contribution is 2.20. The SMILES string of the molecule is CCCCCC/C=C\COC(=O)CCCCCCCN(CCCCCCCC(=O)OC(CCCCCCCC)CCCCCCCC)CCCNC1=C(NC)C(O)C1=O. The largest absolute Gasteiger partial charge is 0.462 e. The lowest BCUT2D eigenvalue weighted by Crippen LogP contribution is -2.47. The van der Waals surface area contributed by atoms with Gasteiger partial charge in [-0.3, -0.25) is 14.4 Å².